The van der Waals surface area contributed by atoms with Crippen LogP contribution in [0.2, 0.25) is 0 Å². The second-order valence-corrected chi connectivity index (χ2v) is 8.02. The van der Waals surface area contributed by atoms with Crippen molar-refractivity contribution < 1.29 is 9.84 Å². The van der Waals surface area contributed by atoms with Crippen LogP contribution >= 0.6 is 0 Å². The van der Waals surface area contributed by atoms with Gasteiger partial charge in [-0.2, -0.15) is 0 Å². The highest BCUT2D eigenvalue weighted by Crippen LogP contribution is 2.35. The summed E-state index contributed by atoms with van der Waals surface area (Å²) in [5.74, 6) is 0.970. The zero-order chi connectivity index (χ0) is 18.7. The van der Waals surface area contributed by atoms with E-state index in [2.05, 4.69) is 65.4 Å². The standard InChI is InChI=1S/C23H30N2O2/c1-24-13-10-23(26,11-14-24)21-7-8-22-20(17-21)18-25(15-16-27-22)12-9-19-5-3-2-4-6-19/h2-8,17,26H,9-16,18H2,1H3. The van der Waals surface area contributed by atoms with E-state index in [0.29, 0.717) is 0 Å². The Labute approximate surface area is 162 Å². The lowest BCUT2D eigenvalue weighted by atomic mass is 9.84. The fourth-order valence-corrected chi connectivity index (χ4v) is 4.14. The molecule has 1 fully saturated rings. The Morgan fingerprint density at radius 2 is 1.81 bits per heavy atom. The molecule has 0 saturated carbocycles. The van der Waals surface area contributed by atoms with Gasteiger partial charge in [-0.15, -0.1) is 0 Å². The highest BCUT2D eigenvalue weighted by Gasteiger charge is 2.33. The second kappa shape index (κ2) is 8.01. The van der Waals surface area contributed by atoms with E-state index in [4.69, 9.17) is 4.74 Å². The number of likely N-dealkylation sites (tertiary alicyclic amines) is 1. The molecule has 2 aliphatic heterocycles. The maximum atomic E-state index is 11.2. The summed E-state index contributed by atoms with van der Waals surface area (Å²) in [7, 11) is 2.12. The molecule has 0 bridgehead atoms. The van der Waals surface area contributed by atoms with E-state index in [1.807, 2.05) is 0 Å². The van der Waals surface area contributed by atoms with Gasteiger partial charge >= 0.3 is 0 Å². The molecule has 2 aromatic carbocycles. The van der Waals surface area contributed by atoms with Crippen LogP contribution in [0.15, 0.2) is 48.5 Å². The van der Waals surface area contributed by atoms with Gasteiger partial charge in [0.2, 0.25) is 0 Å². The van der Waals surface area contributed by atoms with Crippen LogP contribution in [-0.2, 0) is 18.6 Å². The van der Waals surface area contributed by atoms with Gasteiger partial charge in [-0.3, -0.25) is 4.90 Å². The first-order valence-electron chi connectivity index (χ1n) is 10.1. The molecule has 0 unspecified atom stereocenters. The third-order valence-electron chi connectivity index (χ3n) is 6.03. The minimum absolute atomic E-state index is 0.706. The second-order valence-electron chi connectivity index (χ2n) is 8.02. The Morgan fingerprint density at radius 1 is 1.04 bits per heavy atom. The minimum Gasteiger partial charge on any atom is -0.492 e. The van der Waals surface area contributed by atoms with Crippen molar-refractivity contribution in [3.63, 3.8) is 0 Å². The summed E-state index contributed by atoms with van der Waals surface area (Å²) >= 11 is 0. The van der Waals surface area contributed by atoms with Crippen LogP contribution in [0.4, 0.5) is 0 Å². The topological polar surface area (TPSA) is 35.9 Å². The fraction of sp³-hybridized carbons (Fsp3) is 0.478. The number of ether oxygens (including phenoxy) is 1. The van der Waals surface area contributed by atoms with Gasteiger partial charge in [0.25, 0.3) is 0 Å². The summed E-state index contributed by atoms with van der Waals surface area (Å²) in [6, 6.07) is 16.9. The molecule has 0 atom stereocenters. The molecule has 0 radical (unpaired) electrons. The van der Waals surface area contributed by atoms with Gasteiger partial charge in [0.15, 0.2) is 0 Å². The smallest absolute Gasteiger partial charge is 0.123 e. The molecule has 1 N–H and O–H groups in total. The maximum absolute atomic E-state index is 11.2. The summed E-state index contributed by atoms with van der Waals surface area (Å²) in [4.78, 5) is 4.74. The van der Waals surface area contributed by atoms with Gasteiger partial charge in [0.05, 0.1) is 5.60 Å². The number of hydrogen-bond donors (Lipinski definition) is 1. The maximum Gasteiger partial charge on any atom is 0.123 e. The average Bonchev–Trinajstić information content (AvgIpc) is 2.91. The van der Waals surface area contributed by atoms with Crippen LogP contribution in [-0.4, -0.2) is 54.7 Å². The van der Waals surface area contributed by atoms with Crippen molar-refractivity contribution >= 4 is 0 Å². The molecule has 2 aromatic rings. The van der Waals surface area contributed by atoms with Crippen LogP contribution in [0, 0.1) is 0 Å². The lowest BCUT2D eigenvalue weighted by molar-refractivity contribution is -0.0204. The first kappa shape index (κ1) is 18.5. The summed E-state index contributed by atoms with van der Waals surface area (Å²) in [5, 5.41) is 11.2. The Bertz CT molecular complexity index is 754. The number of benzene rings is 2. The predicted octanol–water partition coefficient (Wildman–Crippen LogP) is 3.04. The number of piperidine rings is 1. The minimum atomic E-state index is -0.706. The van der Waals surface area contributed by atoms with Crippen molar-refractivity contribution in [3.05, 3.63) is 65.2 Å². The highest BCUT2D eigenvalue weighted by atomic mass is 16.5. The Kier molecular flexibility index (Phi) is 5.48. The number of fused-ring (bicyclic) bond motifs is 1. The summed E-state index contributed by atoms with van der Waals surface area (Å²) < 4.78 is 5.99. The van der Waals surface area contributed by atoms with Crippen LogP contribution < -0.4 is 4.74 Å². The monoisotopic (exact) mass is 366 g/mol. The Hall–Kier alpha value is -1.88. The van der Waals surface area contributed by atoms with E-state index in [1.54, 1.807) is 0 Å². The van der Waals surface area contributed by atoms with Gasteiger partial charge in [-0.25, -0.2) is 0 Å². The molecule has 0 aromatic heterocycles. The van der Waals surface area contributed by atoms with Crippen molar-refractivity contribution in [2.45, 2.75) is 31.4 Å². The lowest BCUT2D eigenvalue weighted by Crippen LogP contribution is -2.40. The molecule has 144 valence electrons. The Balaban J connectivity index is 1.48. The first-order valence-corrected chi connectivity index (χ1v) is 10.1. The molecule has 4 heteroatoms. The van der Waals surface area contributed by atoms with Gasteiger partial charge in [0.1, 0.15) is 12.4 Å². The van der Waals surface area contributed by atoms with Crippen molar-refractivity contribution in [1.29, 1.82) is 0 Å². The molecule has 4 rings (SSSR count). The summed E-state index contributed by atoms with van der Waals surface area (Å²) in [6.07, 6.45) is 2.63. The van der Waals surface area contributed by atoms with Crippen LogP contribution in [0.25, 0.3) is 0 Å². The van der Waals surface area contributed by atoms with Gasteiger partial charge < -0.3 is 14.7 Å². The number of rotatable bonds is 4. The number of hydrogen-bond acceptors (Lipinski definition) is 4. The van der Waals surface area contributed by atoms with Crippen LogP contribution in [0.3, 0.4) is 0 Å². The fourth-order valence-electron chi connectivity index (χ4n) is 4.14. The van der Waals surface area contributed by atoms with E-state index < -0.39 is 5.60 Å². The van der Waals surface area contributed by atoms with Crippen LogP contribution in [0.1, 0.15) is 29.5 Å². The molecule has 0 aliphatic carbocycles. The molecule has 0 spiro atoms. The van der Waals surface area contributed by atoms with Crippen molar-refractivity contribution in [2.24, 2.45) is 0 Å². The lowest BCUT2D eigenvalue weighted by Gasteiger charge is -2.37. The number of nitrogens with zero attached hydrogens (tertiary/aromatic N) is 2. The van der Waals surface area contributed by atoms with E-state index in [9.17, 15) is 5.11 Å². The summed E-state index contributed by atoms with van der Waals surface area (Å²) in [5.41, 5.74) is 2.91. The molecular formula is C23H30N2O2. The molecule has 27 heavy (non-hydrogen) atoms. The summed E-state index contributed by atoms with van der Waals surface area (Å²) in [6.45, 7) is 5.43. The highest BCUT2D eigenvalue weighted by molar-refractivity contribution is 5.40. The average molecular weight is 367 g/mol. The SMILES string of the molecule is CN1CCC(O)(c2ccc3c(c2)CN(CCc2ccccc2)CCO3)CC1. The van der Waals surface area contributed by atoms with E-state index in [-0.39, 0.29) is 0 Å². The van der Waals surface area contributed by atoms with Crippen molar-refractivity contribution in [1.82, 2.24) is 9.80 Å². The molecular weight excluding hydrogens is 336 g/mol. The first-order chi connectivity index (χ1) is 13.1. The molecule has 4 nitrogen and oxygen atoms in total. The largest absolute Gasteiger partial charge is 0.492 e. The molecule has 2 aliphatic rings. The normalized spacial score (nSPS) is 20.5. The van der Waals surface area contributed by atoms with E-state index >= 15 is 0 Å². The third-order valence-corrected chi connectivity index (χ3v) is 6.03. The van der Waals surface area contributed by atoms with Gasteiger partial charge in [-0.05, 0) is 49.6 Å². The molecule has 2 heterocycles. The zero-order valence-electron chi connectivity index (χ0n) is 16.2. The third kappa shape index (κ3) is 4.34. The van der Waals surface area contributed by atoms with Crippen molar-refractivity contribution in [2.75, 3.05) is 39.8 Å². The van der Waals surface area contributed by atoms with E-state index in [1.165, 1.54) is 11.1 Å². The van der Waals surface area contributed by atoms with E-state index in [0.717, 1.165) is 69.9 Å². The predicted molar refractivity (Wildman–Crippen MR) is 108 cm³/mol. The molecule has 1 saturated heterocycles. The molecule has 0 amide bonds. The van der Waals surface area contributed by atoms with Gasteiger partial charge in [-0.1, -0.05) is 36.4 Å². The van der Waals surface area contributed by atoms with Gasteiger partial charge in [0, 0.05) is 38.3 Å². The Morgan fingerprint density at radius 3 is 2.59 bits per heavy atom. The number of aliphatic hydroxyl groups is 1. The van der Waals surface area contributed by atoms with Crippen LogP contribution in [0.5, 0.6) is 5.75 Å². The quantitative estimate of drug-likeness (QED) is 0.902. The zero-order valence-corrected chi connectivity index (χ0v) is 16.2. The van der Waals surface area contributed by atoms with Crippen molar-refractivity contribution in [3.8, 4) is 5.75 Å².